The summed E-state index contributed by atoms with van der Waals surface area (Å²) in [5.74, 6) is -0.0922. The highest BCUT2D eigenvalue weighted by molar-refractivity contribution is 6.31. The zero-order chi connectivity index (χ0) is 22.9. The van der Waals surface area contributed by atoms with Gasteiger partial charge in [0.25, 0.3) is 0 Å². The summed E-state index contributed by atoms with van der Waals surface area (Å²) >= 11 is 12.5. The second kappa shape index (κ2) is 9.22. The number of ether oxygens (including phenoxy) is 1. The van der Waals surface area contributed by atoms with E-state index < -0.39 is 5.54 Å². The van der Waals surface area contributed by atoms with E-state index in [0.717, 1.165) is 36.6 Å². The Labute approximate surface area is 199 Å². The molecule has 2 aromatic rings. The molecule has 7 heteroatoms. The molecule has 0 saturated heterocycles. The van der Waals surface area contributed by atoms with Gasteiger partial charge in [-0.15, -0.1) is 0 Å². The van der Waals surface area contributed by atoms with Gasteiger partial charge in [0.15, 0.2) is 0 Å². The molecule has 2 aromatic carbocycles. The molecule has 1 aliphatic heterocycles. The van der Waals surface area contributed by atoms with E-state index in [4.69, 9.17) is 27.9 Å². The minimum Gasteiger partial charge on any atom is -0.467 e. The highest BCUT2D eigenvalue weighted by atomic mass is 35.5. The van der Waals surface area contributed by atoms with Gasteiger partial charge in [0.05, 0.1) is 7.11 Å². The molecular weight excluding hydrogens is 447 g/mol. The van der Waals surface area contributed by atoms with Gasteiger partial charge in [-0.2, -0.15) is 0 Å². The van der Waals surface area contributed by atoms with Crippen molar-refractivity contribution in [2.75, 3.05) is 25.6 Å². The molecule has 0 unspecified atom stereocenters. The van der Waals surface area contributed by atoms with Crippen molar-refractivity contribution in [2.45, 2.75) is 50.2 Å². The van der Waals surface area contributed by atoms with Gasteiger partial charge in [0.1, 0.15) is 5.54 Å². The van der Waals surface area contributed by atoms with Crippen molar-refractivity contribution in [1.29, 1.82) is 0 Å². The lowest BCUT2D eigenvalue weighted by atomic mass is 9.69. The van der Waals surface area contributed by atoms with Gasteiger partial charge in [-0.1, -0.05) is 42.3 Å². The lowest BCUT2D eigenvalue weighted by Gasteiger charge is -2.49. The van der Waals surface area contributed by atoms with Gasteiger partial charge in [-0.25, -0.2) is 4.79 Å². The van der Waals surface area contributed by atoms with Gasteiger partial charge in [0.2, 0.25) is 0 Å². The standard InChI is InChI=1S/C25H30Cl2N2O3/c1-17(16-30)14-29-15-18-12-20(27)6-7-22(18)25(29)10-8-24(9-11-25,23(31)32-2)28-21-5-3-4-19(26)13-21/h3-7,12-13,17,28,30H,8-11,14-16H2,1-2H3/t17-,24?,25?/m1/s1. The van der Waals surface area contributed by atoms with Crippen LogP contribution in [0.1, 0.15) is 43.7 Å². The van der Waals surface area contributed by atoms with E-state index in [-0.39, 0.29) is 24.0 Å². The highest BCUT2D eigenvalue weighted by Crippen LogP contribution is 2.52. The number of rotatable bonds is 6. The minimum atomic E-state index is -0.811. The number of hydrogen-bond acceptors (Lipinski definition) is 5. The number of benzene rings is 2. The van der Waals surface area contributed by atoms with Gasteiger partial charge < -0.3 is 15.2 Å². The number of hydrogen-bond donors (Lipinski definition) is 2. The molecule has 4 rings (SSSR count). The topological polar surface area (TPSA) is 61.8 Å². The molecule has 1 spiro atoms. The van der Waals surface area contributed by atoms with Gasteiger partial charge in [-0.3, -0.25) is 4.90 Å². The van der Waals surface area contributed by atoms with E-state index in [1.165, 1.54) is 18.2 Å². The van der Waals surface area contributed by atoms with Crippen molar-refractivity contribution in [3.8, 4) is 0 Å². The monoisotopic (exact) mass is 476 g/mol. The van der Waals surface area contributed by atoms with E-state index in [2.05, 4.69) is 29.3 Å². The third kappa shape index (κ3) is 4.24. The van der Waals surface area contributed by atoms with E-state index in [1.54, 1.807) is 0 Å². The van der Waals surface area contributed by atoms with Crippen molar-refractivity contribution >= 4 is 34.9 Å². The smallest absolute Gasteiger partial charge is 0.331 e. The van der Waals surface area contributed by atoms with Gasteiger partial charge >= 0.3 is 5.97 Å². The molecule has 0 amide bonds. The van der Waals surface area contributed by atoms with Crippen molar-refractivity contribution in [2.24, 2.45) is 5.92 Å². The van der Waals surface area contributed by atoms with Crippen molar-refractivity contribution < 1.29 is 14.6 Å². The lowest BCUT2D eigenvalue weighted by molar-refractivity contribution is -0.148. The van der Waals surface area contributed by atoms with Crippen LogP contribution in [0.5, 0.6) is 0 Å². The molecule has 2 N–H and O–H groups in total. The van der Waals surface area contributed by atoms with Crippen LogP contribution in [-0.2, 0) is 21.6 Å². The normalized spacial score (nSPS) is 26.0. The van der Waals surface area contributed by atoms with Crippen LogP contribution in [0.4, 0.5) is 5.69 Å². The zero-order valence-corrected chi connectivity index (χ0v) is 20.0. The summed E-state index contributed by atoms with van der Waals surface area (Å²) in [4.78, 5) is 15.5. The number of fused-ring (bicyclic) bond motifs is 2. The van der Waals surface area contributed by atoms with Crippen molar-refractivity contribution in [1.82, 2.24) is 4.90 Å². The lowest BCUT2D eigenvalue weighted by Crippen LogP contribution is -2.56. The van der Waals surface area contributed by atoms with Crippen LogP contribution >= 0.6 is 23.2 Å². The number of methoxy groups -OCH3 is 1. The number of nitrogens with zero attached hydrogens (tertiary/aromatic N) is 1. The molecule has 0 bridgehead atoms. The molecule has 1 saturated carbocycles. The molecule has 5 nitrogen and oxygen atoms in total. The van der Waals surface area contributed by atoms with E-state index in [0.29, 0.717) is 17.9 Å². The molecule has 1 fully saturated rings. The summed E-state index contributed by atoms with van der Waals surface area (Å²) in [6, 6.07) is 13.6. The number of halogens is 2. The fraction of sp³-hybridized carbons (Fsp3) is 0.480. The maximum absolute atomic E-state index is 13.0. The third-order valence-electron chi connectivity index (χ3n) is 7.09. The summed E-state index contributed by atoms with van der Waals surface area (Å²) in [6.45, 7) is 3.79. The highest BCUT2D eigenvalue weighted by Gasteiger charge is 2.53. The number of anilines is 1. The van der Waals surface area contributed by atoms with Crippen LogP contribution in [0.3, 0.4) is 0 Å². The summed E-state index contributed by atoms with van der Waals surface area (Å²) in [6.07, 6.45) is 2.83. The Morgan fingerprint density at radius 1 is 1.16 bits per heavy atom. The largest absolute Gasteiger partial charge is 0.467 e. The second-order valence-electron chi connectivity index (χ2n) is 9.21. The third-order valence-corrected chi connectivity index (χ3v) is 7.56. The van der Waals surface area contributed by atoms with Crippen LogP contribution in [-0.4, -0.2) is 41.8 Å². The molecule has 1 aliphatic carbocycles. The van der Waals surface area contributed by atoms with E-state index >= 15 is 0 Å². The van der Waals surface area contributed by atoms with Crippen molar-refractivity contribution in [3.05, 3.63) is 63.6 Å². The molecular formula is C25H30Cl2N2O3. The molecule has 0 radical (unpaired) electrons. The number of carbonyl (C=O) groups is 1. The number of nitrogens with one attached hydrogen (secondary N) is 1. The van der Waals surface area contributed by atoms with Crippen LogP contribution in [0.15, 0.2) is 42.5 Å². The Hall–Kier alpha value is -1.79. The Morgan fingerprint density at radius 2 is 1.88 bits per heavy atom. The average molecular weight is 477 g/mol. The number of carbonyl (C=O) groups excluding carboxylic acids is 1. The first-order chi connectivity index (χ1) is 15.3. The summed E-state index contributed by atoms with van der Waals surface area (Å²) in [5, 5.41) is 14.5. The second-order valence-corrected chi connectivity index (χ2v) is 10.1. The van der Waals surface area contributed by atoms with Crippen LogP contribution in [0, 0.1) is 5.92 Å². The molecule has 1 heterocycles. The van der Waals surface area contributed by atoms with Crippen LogP contribution < -0.4 is 5.32 Å². The summed E-state index contributed by atoms with van der Waals surface area (Å²) in [7, 11) is 1.44. The Morgan fingerprint density at radius 3 is 2.53 bits per heavy atom. The predicted octanol–water partition coefficient (Wildman–Crippen LogP) is 5.23. The first-order valence-electron chi connectivity index (χ1n) is 11.1. The summed E-state index contributed by atoms with van der Waals surface area (Å²) < 4.78 is 5.24. The maximum Gasteiger partial charge on any atom is 0.331 e. The maximum atomic E-state index is 13.0. The first kappa shape index (κ1) is 23.4. The van der Waals surface area contributed by atoms with Gasteiger partial charge in [-0.05, 0) is 73.1 Å². The predicted molar refractivity (Wildman–Crippen MR) is 128 cm³/mol. The SMILES string of the molecule is COC(=O)C1(Nc2cccc(Cl)c2)CCC2(CC1)c1ccc(Cl)cc1CN2C[C@@H](C)CO. The summed E-state index contributed by atoms with van der Waals surface area (Å²) in [5.41, 5.74) is 2.33. The molecule has 172 valence electrons. The first-order valence-corrected chi connectivity index (χ1v) is 11.8. The van der Waals surface area contributed by atoms with E-state index in [1.807, 2.05) is 30.3 Å². The van der Waals surface area contributed by atoms with Crippen molar-refractivity contribution in [3.63, 3.8) is 0 Å². The average Bonchev–Trinajstić information content (AvgIpc) is 3.06. The Balaban J connectivity index is 1.66. The fourth-order valence-electron chi connectivity index (χ4n) is 5.44. The Bertz CT molecular complexity index is 989. The molecule has 0 aromatic heterocycles. The fourth-order valence-corrected chi connectivity index (χ4v) is 5.83. The quantitative estimate of drug-likeness (QED) is 0.558. The van der Waals surface area contributed by atoms with Crippen LogP contribution in [0.25, 0.3) is 0 Å². The Kier molecular flexibility index (Phi) is 6.73. The van der Waals surface area contributed by atoms with E-state index in [9.17, 15) is 9.90 Å². The minimum absolute atomic E-state index is 0.145. The van der Waals surface area contributed by atoms with Crippen LogP contribution in [0.2, 0.25) is 10.0 Å². The molecule has 32 heavy (non-hydrogen) atoms. The zero-order valence-electron chi connectivity index (χ0n) is 18.5. The number of aliphatic hydroxyl groups is 1. The molecule has 1 atom stereocenters. The number of aliphatic hydroxyl groups excluding tert-OH is 1. The number of esters is 1. The van der Waals surface area contributed by atoms with Gasteiger partial charge in [0, 0.05) is 41.0 Å². The molecule has 2 aliphatic rings.